The van der Waals surface area contributed by atoms with Gasteiger partial charge in [-0.1, -0.05) is 17.3 Å². The van der Waals surface area contributed by atoms with E-state index in [1.165, 1.54) is 25.0 Å². The molecule has 1 unspecified atom stereocenters. The van der Waals surface area contributed by atoms with E-state index in [2.05, 4.69) is 36.0 Å². The van der Waals surface area contributed by atoms with Gasteiger partial charge in [-0.3, -0.25) is 0 Å². The Morgan fingerprint density at radius 1 is 0.966 bits per heavy atom. The third-order valence-electron chi connectivity index (χ3n) is 5.69. The van der Waals surface area contributed by atoms with E-state index in [9.17, 15) is 4.39 Å². The molecule has 2 fully saturated rings. The molecule has 0 N–H and O–H groups in total. The summed E-state index contributed by atoms with van der Waals surface area (Å²) < 4.78 is 19.0. The molecule has 2 aromatic heterocycles. The molecule has 2 saturated heterocycles. The van der Waals surface area contributed by atoms with Gasteiger partial charge in [0.05, 0.1) is 5.92 Å². The van der Waals surface area contributed by atoms with Crippen LogP contribution in [0.15, 0.2) is 41.2 Å². The van der Waals surface area contributed by atoms with Crippen LogP contribution in [0.3, 0.4) is 0 Å². The Morgan fingerprint density at radius 2 is 1.76 bits per heavy atom. The van der Waals surface area contributed by atoms with Crippen LogP contribution in [0.2, 0.25) is 0 Å². The zero-order valence-electron chi connectivity index (χ0n) is 16.2. The molecule has 0 aliphatic carbocycles. The summed E-state index contributed by atoms with van der Waals surface area (Å²) in [5.41, 5.74) is 0.624. The molecule has 5 rings (SSSR count). The average Bonchev–Trinajstić information content (AvgIpc) is 3.47. The van der Waals surface area contributed by atoms with Gasteiger partial charge >= 0.3 is 0 Å². The van der Waals surface area contributed by atoms with Crippen LogP contribution in [-0.2, 0) is 0 Å². The highest BCUT2D eigenvalue weighted by Crippen LogP contribution is 2.31. The first-order valence-corrected chi connectivity index (χ1v) is 10.2. The first kappa shape index (κ1) is 18.0. The van der Waals surface area contributed by atoms with Crippen molar-refractivity contribution in [2.45, 2.75) is 31.6 Å². The Balaban J connectivity index is 1.33. The van der Waals surface area contributed by atoms with Gasteiger partial charge in [-0.05, 0) is 37.8 Å². The lowest BCUT2D eigenvalue weighted by Crippen LogP contribution is -2.35. The second-order valence-corrected chi connectivity index (χ2v) is 7.68. The second kappa shape index (κ2) is 7.77. The first-order chi connectivity index (χ1) is 14.3. The van der Waals surface area contributed by atoms with Crippen LogP contribution in [-0.4, -0.2) is 46.3 Å². The highest BCUT2D eigenvalue weighted by Gasteiger charge is 2.27. The van der Waals surface area contributed by atoms with Crippen LogP contribution in [0, 0.1) is 5.82 Å². The molecule has 7 nitrogen and oxygen atoms in total. The lowest BCUT2D eigenvalue weighted by molar-refractivity contribution is 0.333. The van der Waals surface area contributed by atoms with Gasteiger partial charge in [0.1, 0.15) is 23.8 Å². The Hall–Kier alpha value is -3.03. The van der Waals surface area contributed by atoms with Crippen LogP contribution in [0.25, 0.3) is 11.4 Å². The van der Waals surface area contributed by atoms with Crippen molar-refractivity contribution < 1.29 is 8.91 Å². The highest BCUT2D eigenvalue weighted by atomic mass is 19.1. The number of benzene rings is 1. The van der Waals surface area contributed by atoms with Gasteiger partial charge in [0, 0.05) is 37.8 Å². The molecule has 150 valence electrons. The summed E-state index contributed by atoms with van der Waals surface area (Å²) in [4.78, 5) is 18.1. The van der Waals surface area contributed by atoms with E-state index in [1.807, 2.05) is 0 Å². The molecule has 0 radical (unpaired) electrons. The molecule has 1 atom stereocenters. The molecule has 0 spiro atoms. The van der Waals surface area contributed by atoms with Crippen molar-refractivity contribution in [3.8, 4) is 11.4 Å². The van der Waals surface area contributed by atoms with Crippen molar-refractivity contribution in [1.29, 1.82) is 0 Å². The summed E-state index contributed by atoms with van der Waals surface area (Å²) >= 11 is 0. The molecule has 2 aliphatic rings. The fraction of sp³-hybridized carbons (Fsp3) is 0.429. The molecular weight excluding hydrogens is 371 g/mol. The summed E-state index contributed by atoms with van der Waals surface area (Å²) in [7, 11) is 0. The predicted molar refractivity (Wildman–Crippen MR) is 107 cm³/mol. The molecular formula is C21H23FN6O. The molecule has 0 bridgehead atoms. The smallest absolute Gasteiger partial charge is 0.231 e. The molecule has 8 heteroatoms. The van der Waals surface area contributed by atoms with Crippen LogP contribution >= 0.6 is 0 Å². The normalized spacial score (nSPS) is 19.7. The van der Waals surface area contributed by atoms with Gasteiger partial charge in [-0.25, -0.2) is 14.4 Å². The number of piperidine rings is 1. The van der Waals surface area contributed by atoms with Crippen molar-refractivity contribution in [1.82, 2.24) is 20.1 Å². The third-order valence-corrected chi connectivity index (χ3v) is 5.69. The lowest BCUT2D eigenvalue weighted by atomic mass is 9.98. The third kappa shape index (κ3) is 3.79. The largest absolute Gasteiger partial charge is 0.356 e. The quantitative estimate of drug-likeness (QED) is 0.669. The highest BCUT2D eigenvalue weighted by molar-refractivity contribution is 5.54. The Morgan fingerprint density at radius 3 is 2.59 bits per heavy atom. The van der Waals surface area contributed by atoms with Gasteiger partial charge < -0.3 is 14.3 Å². The van der Waals surface area contributed by atoms with Crippen molar-refractivity contribution in [3.05, 3.63) is 48.4 Å². The number of halogens is 1. The van der Waals surface area contributed by atoms with Gasteiger partial charge in [-0.15, -0.1) is 0 Å². The number of hydrogen-bond acceptors (Lipinski definition) is 7. The molecule has 4 heterocycles. The van der Waals surface area contributed by atoms with E-state index < -0.39 is 0 Å². The predicted octanol–water partition coefficient (Wildman–Crippen LogP) is 3.65. The van der Waals surface area contributed by atoms with Crippen LogP contribution < -0.4 is 9.80 Å². The Kier molecular flexibility index (Phi) is 4.83. The number of anilines is 2. The van der Waals surface area contributed by atoms with Crippen molar-refractivity contribution in [2.75, 3.05) is 36.0 Å². The molecule has 3 aromatic rings. The van der Waals surface area contributed by atoms with Crippen LogP contribution in [0.5, 0.6) is 0 Å². The van der Waals surface area contributed by atoms with Crippen LogP contribution in [0.1, 0.15) is 37.5 Å². The molecule has 29 heavy (non-hydrogen) atoms. The summed E-state index contributed by atoms with van der Waals surface area (Å²) in [5, 5.41) is 4.06. The van der Waals surface area contributed by atoms with E-state index in [0.717, 1.165) is 50.7 Å². The maximum atomic E-state index is 13.5. The van der Waals surface area contributed by atoms with Gasteiger partial charge in [-0.2, -0.15) is 4.98 Å². The zero-order chi connectivity index (χ0) is 19.6. The Bertz CT molecular complexity index is 987. The van der Waals surface area contributed by atoms with E-state index in [-0.39, 0.29) is 11.7 Å². The summed E-state index contributed by atoms with van der Waals surface area (Å²) in [6.07, 6.45) is 6.09. The number of rotatable bonds is 4. The number of hydrogen-bond donors (Lipinski definition) is 0. The van der Waals surface area contributed by atoms with E-state index in [0.29, 0.717) is 17.3 Å². The second-order valence-electron chi connectivity index (χ2n) is 7.68. The maximum Gasteiger partial charge on any atom is 0.231 e. The fourth-order valence-electron chi connectivity index (χ4n) is 4.16. The van der Waals surface area contributed by atoms with E-state index in [1.54, 1.807) is 18.5 Å². The summed E-state index contributed by atoms with van der Waals surface area (Å²) in [5.74, 6) is 2.79. The topological polar surface area (TPSA) is 71.2 Å². The standard InChI is InChI=1S/C21H23FN6O/c22-17-7-3-5-15(11-17)20-25-21(29-26-20)16-6-4-10-28(13-16)19-12-18(23-14-24-19)27-8-1-2-9-27/h3,5,7,11-12,14,16H,1-2,4,6,8-10,13H2. The van der Waals surface area contributed by atoms with Gasteiger partial charge in [0.15, 0.2) is 0 Å². The summed E-state index contributed by atoms with van der Waals surface area (Å²) in [6, 6.07) is 8.34. The van der Waals surface area contributed by atoms with Crippen molar-refractivity contribution in [3.63, 3.8) is 0 Å². The van der Waals surface area contributed by atoms with Crippen molar-refractivity contribution >= 4 is 11.6 Å². The van der Waals surface area contributed by atoms with Crippen LogP contribution in [0.4, 0.5) is 16.0 Å². The number of aromatic nitrogens is 4. The maximum absolute atomic E-state index is 13.5. The molecule has 0 saturated carbocycles. The van der Waals surface area contributed by atoms with E-state index >= 15 is 0 Å². The minimum absolute atomic E-state index is 0.128. The summed E-state index contributed by atoms with van der Waals surface area (Å²) in [6.45, 7) is 3.83. The minimum atomic E-state index is -0.310. The average molecular weight is 394 g/mol. The molecule has 2 aliphatic heterocycles. The Labute approximate surface area is 168 Å². The van der Waals surface area contributed by atoms with E-state index in [4.69, 9.17) is 4.52 Å². The van der Waals surface area contributed by atoms with Gasteiger partial charge in [0.25, 0.3) is 0 Å². The lowest BCUT2D eigenvalue weighted by Gasteiger charge is -2.32. The fourth-order valence-corrected chi connectivity index (χ4v) is 4.16. The first-order valence-electron chi connectivity index (χ1n) is 10.2. The SMILES string of the molecule is Fc1cccc(-c2noc(C3CCCN(c4cc(N5CCCC5)ncn4)C3)n2)c1. The minimum Gasteiger partial charge on any atom is -0.356 e. The van der Waals surface area contributed by atoms with Crippen molar-refractivity contribution in [2.24, 2.45) is 0 Å². The number of nitrogens with zero attached hydrogens (tertiary/aromatic N) is 6. The zero-order valence-corrected chi connectivity index (χ0v) is 16.2. The molecule has 1 aromatic carbocycles. The van der Waals surface area contributed by atoms with Gasteiger partial charge in [0.2, 0.25) is 11.7 Å². The monoisotopic (exact) mass is 394 g/mol. The molecule has 0 amide bonds.